The monoisotopic (exact) mass is 481 g/mol. The zero-order valence-corrected chi connectivity index (χ0v) is 21.2. The largest absolute Gasteiger partial charge is 0.495 e. The highest BCUT2D eigenvalue weighted by molar-refractivity contribution is 7.97. The first-order valence-electron chi connectivity index (χ1n) is 11.8. The summed E-state index contributed by atoms with van der Waals surface area (Å²) < 4.78 is 24.6. The van der Waals surface area contributed by atoms with E-state index >= 15 is 0 Å². The first-order valence-corrected chi connectivity index (χ1v) is 12.5. The van der Waals surface area contributed by atoms with Crippen molar-refractivity contribution in [3.63, 3.8) is 0 Å². The van der Waals surface area contributed by atoms with Gasteiger partial charge in [-0.3, -0.25) is 0 Å². The van der Waals surface area contributed by atoms with Gasteiger partial charge in [0.2, 0.25) is 0 Å². The lowest BCUT2D eigenvalue weighted by Crippen LogP contribution is -2.35. The van der Waals surface area contributed by atoms with Crippen LogP contribution in [0, 0.1) is 23.7 Å². The molecule has 0 aromatic heterocycles. The Morgan fingerprint density at radius 1 is 1.33 bits per heavy atom. The fraction of sp³-hybridized carbons (Fsp3) is 0.708. The second kappa shape index (κ2) is 12.1. The van der Waals surface area contributed by atoms with Gasteiger partial charge in [-0.05, 0) is 54.8 Å². The third kappa shape index (κ3) is 6.91. The molecule has 1 amide bonds. The molecule has 186 valence electrons. The number of fused-ring (bicyclic) bond motifs is 1. The maximum absolute atomic E-state index is 12.5. The summed E-state index contributed by atoms with van der Waals surface area (Å²) in [6.45, 7) is 9.45. The van der Waals surface area contributed by atoms with E-state index in [1.165, 1.54) is 0 Å². The number of carbonyl (C=O) groups excluding carboxylic acids is 1. The van der Waals surface area contributed by atoms with Gasteiger partial charge in [-0.1, -0.05) is 20.8 Å². The number of nitrogens with two attached hydrogens (primary N) is 1. The Morgan fingerprint density at radius 2 is 2.12 bits per heavy atom. The lowest BCUT2D eigenvalue weighted by molar-refractivity contribution is -0.112. The van der Waals surface area contributed by atoms with Crippen molar-refractivity contribution in [1.29, 1.82) is 0 Å². The van der Waals surface area contributed by atoms with Crippen LogP contribution < -0.4 is 15.8 Å². The highest BCUT2D eigenvalue weighted by Crippen LogP contribution is 2.45. The van der Waals surface area contributed by atoms with Crippen molar-refractivity contribution < 1.29 is 23.7 Å². The molecule has 1 saturated carbocycles. The van der Waals surface area contributed by atoms with Gasteiger partial charge in [0.25, 0.3) is 0 Å². The van der Waals surface area contributed by atoms with Crippen molar-refractivity contribution in [2.75, 3.05) is 46.2 Å². The zero-order chi connectivity index (χ0) is 24.0. The molecule has 3 N–H and O–H groups in total. The highest BCUT2D eigenvalue weighted by atomic mass is 32.2. The van der Waals surface area contributed by atoms with Crippen LogP contribution in [0.3, 0.4) is 0 Å². The van der Waals surface area contributed by atoms with Crippen LogP contribution >= 0.6 is 11.9 Å². The van der Waals surface area contributed by atoms with Crippen LogP contribution in [0.25, 0.3) is 0 Å². The van der Waals surface area contributed by atoms with E-state index < -0.39 is 0 Å². The summed E-state index contributed by atoms with van der Waals surface area (Å²) in [5, 5.41) is 2.93. The molecule has 0 spiro atoms. The number of hydrogen-bond donors (Lipinski definition) is 2. The number of carbonyl (C=O) groups is 1. The van der Waals surface area contributed by atoms with Crippen LogP contribution in [-0.4, -0.2) is 63.3 Å². The smallest absolute Gasteiger partial charge is 0.407 e. The molecule has 1 heterocycles. The van der Waals surface area contributed by atoms with E-state index in [2.05, 4.69) is 30.4 Å². The Kier molecular flexibility index (Phi) is 9.55. The number of amides is 1. The van der Waals surface area contributed by atoms with E-state index in [-0.39, 0.29) is 24.4 Å². The SMILES string of the molecule is COc1cc(SN(CCCNC(=O)OC2C(C)CC3C(OC)OCC32)CC(C)C)ccc1N. The first kappa shape index (κ1) is 25.9. The van der Waals surface area contributed by atoms with Crippen molar-refractivity contribution in [3.8, 4) is 5.75 Å². The van der Waals surface area contributed by atoms with Gasteiger partial charge in [-0.2, -0.15) is 0 Å². The van der Waals surface area contributed by atoms with Crippen molar-refractivity contribution in [1.82, 2.24) is 9.62 Å². The van der Waals surface area contributed by atoms with E-state index in [4.69, 9.17) is 24.7 Å². The number of ether oxygens (including phenoxy) is 4. The number of nitrogens with one attached hydrogen (secondary N) is 1. The summed E-state index contributed by atoms with van der Waals surface area (Å²) in [4.78, 5) is 13.5. The van der Waals surface area contributed by atoms with Gasteiger partial charge < -0.3 is 30.0 Å². The predicted octanol–water partition coefficient (Wildman–Crippen LogP) is 4.00. The Bertz CT molecular complexity index is 780. The van der Waals surface area contributed by atoms with Gasteiger partial charge >= 0.3 is 6.09 Å². The molecular formula is C24H39N3O5S. The van der Waals surface area contributed by atoms with E-state index in [9.17, 15) is 4.79 Å². The van der Waals surface area contributed by atoms with Crippen molar-refractivity contribution in [2.24, 2.45) is 23.7 Å². The molecule has 0 bridgehead atoms. The lowest BCUT2D eigenvalue weighted by atomic mass is 9.98. The van der Waals surface area contributed by atoms with Gasteiger partial charge in [-0.15, -0.1) is 0 Å². The summed E-state index contributed by atoms with van der Waals surface area (Å²) in [5.74, 6) is 2.03. The van der Waals surface area contributed by atoms with Gasteiger partial charge in [0, 0.05) is 43.5 Å². The molecular weight excluding hydrogens is 442 g/mol. The Morgan fingerprint density at radius 3 is 2.82 bits per heavy atom. The van der Waals surface area contributed by atoms with E-state index in [1.54, 1.807) is 26.2 Å². The topological polar surface area (TPSA) is 95.3 Å². The molecule has 1 saturated heterocycles. The Hall–Kier alpha value is -1.68. The van der Waals surface area contributed by atoms with Crippen molar-refractivity contribution in [3.05, 3.63) is 18.2 Å². The molecule has 1 aromatic carbocycles. The number of benzene rings is 1. The van der Waals surface area contributed by atoms with Crippen LogP contribution in [0.15, 0.2) is 23.1 Å². The first-order chi connectivity index (χ1) is 15.8. The number of anilines is 1. The van der Waals surface area contributed by atoms with Crippen LogP contribution in [0.2, 0.25) is 0 Å². The average molecular weight is 482 g/mol. The molecule has 3 rings (SSSR count). The summed E-state index contributed by atoms with van der Waals surface area (Å²) in [7, 11) is 3.29. The minimum absolute atomic E-state index is 0.122. The molecule has 9 heteroatoms. The molecule has 8 nitrogen and oxygen atoms in total. The molecule has 0 radical (unpaired) electrons. The molecule has 1 aliphatic carbocycles. The third-order valence-corrected chi connectivity index (χ3v) is 7.37. The van der Waals surface area contributed by atoms with Crippen molar-refractivity contribution >= 4 is 23.7 Å². The predicted molar refractivity (Wildman–Crippen MR) is 130 cm³/mol. The van der Waals surface area contributed by atoms with E-state index in [0.29, 0.717) is 42.3 Å². The number of nitrogens with zero attached hydrogens (tertiary/aromatic N) is 1. The van der Waals surface area contributed by atoms with E-state index in [0.717, 1.165) is 30.8 Å². The molecule has 5 unspecified atom stereocenters. The summed E-state index contributed by atoms with van der Waals surface area (Å²) in [6, 6.07) is 5.83. The summed E-state index contributed by atoms with van der Waals surface area (Å²) >= 11 is 1.68. The third-order valence-electron chi connectivity index (χ3n) is 6.32. The summed E-state index contributed by atoms with van der Waals surface area (Å²) in [5.41, 5.74) is 6.56. The van der Waals surface area contributed by atoms with Crippen molar-refractivity contribution in [2.45, 2.75) is 50.9 Å². The number of rotatable bonds is 11. The maximum Gasteiger partial charge on any atom is 0.407 e. The number of nitrogen functional groups attached to an aromatic ring is 1. The molecule has 2 fully saturated rings. The minimum Gasteiger partial charge on any atom is -0.495 e. The Balaban J connectivity index is 1.44. The number of methoxy groups -OCH3 is 2. The van der Waals surface area contributed by atoms with Crippen LogP contribution in [-0.2, 0) is 14.2 Å². The number of hydrogen-bond acceptors (Lipinski definition) is 8. The average Bonchev–Trinajstić information content (AvgIpc) is 3.30. The lowest BCUT2D eigenvalue weighted by Gasteiger charge is -2.24. The zero-order valence-electron chi connectivity index (χ0n) is 20.4. The van der Waals surface area contributed by atoms with Crippen LogP contribution in [0.4, 0.5) is 10.5 Å². The van der Waals surface area contributed by atoms with E-state index in [1.807, 2.05) is 18.2 Å². The van der Waals surface area contributed by atoms with Gasteiger partial charge in [0.15, 0.2) is 6.29 Å². The summed E-state index contributed by atoms with van der Waals surface area (Å²) in [6.07, 6.45) is 1.13. The quantitative estimate of drug-likeness (QED) is 0.278. The molecule has 5 atom stereocenters. The Labute approximate surface area is 202 Å². The normalized spacial score (nSPS) is 26.6. The molecule has 33 heavy (non-hydrogen) atoms. The standard InChI is InChI=1S/C24H39N3O5S/c1-15(2)13-27(33-17-7-8-20(25)21(12-17)29-4)10-6-9-26-24(28)32-22-16(3)11-18-19(22)14-31-23(18)30-5/h7-8,12,15-16,18-19,22-23H,6,9-11,13-14,25H2,1-5H3,(H,26,28). The fourth-order valence-corrected chi connectivity index (χ4v) is 5.98. The molecule has 1 aliphatic heterocycles. The van der Waals surface area contributed by atoms with Gasteiger partial charge in [0.1, 0.15) is 11.9 Å². The number of alkyl carbamates (subject to hydrolysis) is 1. The second-order valence-corrected chi connectivity index (χ2v) is 10.6. The van der Waals surface area contributed by atoms with Gasteiger partial charge in [0.05, 0.1) is 19.4 Å². The second-order valence-electron chi connectivity index (χ2n) is 9.41. The van der Waals surface area contributed by atoms with Crippen LogP contribution in [0.1, 0.15) is 33.6 Å². The maximum atomic E-state index is 12.5. The minimum atomic E-state index is -0.347. The molecule has 1 aromatic rings. The fourth-order valence-electron chi connectivity index (χ4n) is 4.80. The van der Waals surface area contributed by atoms with Gasteiger partial charge in [-0.25, -0.2) is 9.10 Å². The highest BCUT2D eigenvalue weighted by Gasteiger charge is 2.51. The molecule has 2 aliphatic rings. The van der Waals surface area contributed by atoms with Crippen LogP contribution in [0.5, 0.6) is 5.75 Å².